The predicted molar refractivity (Wildman–Crippen MR) is 45.8 cm³/mol. The van der Waals surface area contributed by atoms with Gasteiger partial charge in [0.05, 0.1) is 0 Å². The molecule has 0 radical (unpaired) electrons. The molecule has 2 heterocycles. The van der Waals surface area contributed by atoms with E-state index in [1.54, 1.807) is 0 Å². The lowest BCUT2D eigenvalue weighted by Gasteiger charge is -2.33. The molecule has 0 aromatic carbocycles. The summed E-state index contributed by atoms with van der Waals surface area (Å²) in [4.78, 5) is 2.47. The molecule has 3 aliphatic rings. The number of rotatable bonds is 1. The minimum Gasteiger partial charge on any atom is -0.291 e. The van der Waals surface area contributed by atoms with Crippen LogP contribution in [0, 0.1) is 5.92 Å². The molecule has 1 saturated carbocycles. The third-order valence-electron chi connectivity index (χ3n) is 4.19. The van der Waals surface area contributed by atoms with E-state index in [0.29, 0.717) is 5.54 Å². The van der Waals surface area contributed by atoms with Crippen molar-refractivity contribution in [3.05, 3.63) is 0 Å². The summed E-state index contributed by atoms with van der Waals surface area (Å²) in [5, 5.41) is 0. The van der Waals surface area contributed by atoms with Crippen molar-refractivity contribution < 1.29 is 4.39 Å². The standard InChI is InChI=1S/C10H16FN/c1-2-10-4-7-3-9(7)12(10)6-8(11)5-10/h7-9H,2-6H2,1H3/t7?,8-,9?,10+/m1/s1. The molecule has 1 aliphatic carbocycles. The van der Waals surface area contributed by atoms with Gasteiger partial charge in [-0.05, 0) is 31.6 Å². The Morgan fingerprint density at radius 3 is 3.00 bits per heavy atom. The van der Waals surface area contributed by atoms with E-state index >= 15 is 0 Å². The molecule has 3 fully saturated rings. The minimum atomic E-state index is -0.536. The van der Waals surface area contributed by atoms with Crippen LogP contribution in [0.15, 0.2) is 0 Å². The Hall–Kier alpha value is -0.110. The second kappa shape index (κ2) is 2.03. The molecule has 0 bridgehead atoms. The average Bonchev–Trinajstić information content (AvgIpc) is 2.60. The maximum Gasteiger partial charge on any atom is 0.115 e. The van der Waals surface area contributed by atoms with Crippen LogP contribution in [0.5, 0.6) is 0 Å². The quantitative estimate of drug-likeness (QED) is 0.580. The molecule has 0 amide bonds. The van der Waals surface area contributed by atoms with Gasteiger partial charge in [0.15, 0.2) is 0 Å². The number of piperidine rings is 1. The van der Waals surface area contributed by atoms with Crippen LogP contribution in [0.2, 0.25) is 0 Å². The van der Waals surface area contributed by atoms with Gasteiger partial charge in [0.25, 0.3) is 0 Å². The molecule has 0 spiro atoms. The lowest BCUT2D eigenvalue weighted by atomic mass is 9.89. The van der Waals surface area contributed by atoms with Crippen LogP contribution in [-0.2, 0) is 0 Å². The van der Waals surface area contributed by atoms with Crippen LogP contribution in [0.25, 0.3) is 0 Å². The third-order valence-corrected chi connectivity index (χ3v) is 4.19. The highest BCUT2D eigenvalue weighted by molar-refractivity contribution is 5.16. The van der Waals surface area contributed by atoms with E-state index in [1.165, 1.54) is 12.8 Å². The highest BCUT2D eigenvalue weighted by Gasteiger charge is 2.62. The first-order valence-electron chi connectivity index (χ1n) is 5.16. The van der Waals surface area contributed by atoms with E-state index in [2.05, 4.69) is 11.8 Å². The minimum absolute atomic E-state index is 0.299. The molecule has 4 atom stereocenters. The zero-order chi connectivity index (χ0) is 8.34. The van der Waals surface area contributed by atoms with E-state index in [0.717, 1.165) is 31.3 Å². The van der Waals surface area contributed by atoms with Crippen molar-refractivity contribution in [2.45, 2.75) is 50.4 Å². The number of halogens is 1. The Morgan fingerprint density at radius 2 is 2.33 bits per heavy atom. The SMILES string of the molecule is CC[C@@]12CC3CC3N1C[C@H](F)C2. The van der Waals surface area contributed by atoms with Crippen LogP contribution in [0.1, 0.15) is 32.6 Å². The van der Waals surface area contributed by atoms with Crippen LogP contribution in [-0.4, -0.2) is 29.2 Å². The van der Waals surface area contributed by atoms with Crippen molar-refractivity contribution >= 4 is 0 Å². The third kappa shape index (κ3) is 0.723. The van der Waals surface area contributed by atoms with Gasteiger partial charge in [-0.25, -0.2) is 4.39 Å². The lowest BCUT2D eigenvalue weighted by molar-refractivity contribution is 0.155. The smallest absolute Gasteiger partial charge is 0.115 e. The van der Waals surface area contributed by atoms with Gasteiger partial charge < -0.3 is 0 Å². The maximum absolute atomic E-state index is 13.2. The van der Waals surface area contributed by atoms with Crippen molar-refractivity contribution in [1.29, 1.82) is 0 Å². The summed E-state index contributed by atoms with van der Waals surface area (Å²) < 4.78 is 13.2. The molecule has 2 unspecified atom stereocenters. The molecule has 2 heteroatoms. The van der Waals surface area contributed by atoms with Gasteiger partial charge in [0.1, 0.15) is 6.17 Å². The molecule has 3 rings (SSSR count). The van der Waals surface area contributed by atoms with Gasteiger partial charge in [0.2, 0.25) is 0 Å². The fourth-order valence-corrected chi connectivity index (χ4v) is 3.50. The molecule has 2 aliphatic heterocycles. The molecule has 0 aromatic rings. The van der Waals surface area contributed by atoms with E-state index in [-0.39, 0.29) is 0 Å². The van der Waals surface area contributed by atoms with Crippen LogP contribution in [0.3, 0.4) is 0 Å². The van der Waals surface area contributed by atoms with Gasteiger partial charge in [-0.3, -0.25) is 4.90 Å². The first-order valence-corrected chi connectivity index (χ1v) is 5.16. The van der Waals surface area contributed by atoms with Gasteiger partial charge in [-0.1, -0.05) is 6.92 Å². The van der Waals surface area contributed by atoms with Crippen molar-refractivity contribution in [3.63, 3.8) is 0 Å². The van der Waals surface area contributed by atoms with Crippen molar-refractivity contribution in [2.75, 3.05) is 6.54 Å². The molecule has 1 nitrogen and oxygen atoms in total. The highest BCUT2D eigenvalue weighted by Crippen LogP contribution is 2.58. The molecule has 12 heavy (non-hydrogen) atoms. The summed E-state index contributed by atoms with van der Waals surface area (Å²) in [6.07, 6.45) is 4.08. The Morgan fingerprint density at radius 1 is 1.50 bits per heavy atom. The largest absolute Gasteiger partial charge is 0.291 e. The molecular formula is C10H16FN. The van der Waals surface area contributed by atoms with Crippen LogP contribution < -0.4 is 0 Å². The van der Waals surface area contributed by atoms with Crippen molar-refractivity contribution in [3.8, 4) is 0 Å². The fourth-order valence-electron chi connectivity index (χ4n) is 3.50. The Kier molecular flexibility index (Phi) is 1.24. The Balaban J connectivity index is 1.89. The number of alkyl halides is 1. The zero-order valence-electron chi connectivity index (χ0n) is 7.59. The highest BCUT2D eigenvalue weighted by atomic mass is 19.1. The molecule has 0 N–H and O–H groups in total. The summed E-state index contributed by atoms with van der Waals surface area (Å²) in [7, 11) is 0. The first kappa shape index (κ1) is 7.31. The van der Waals surface area contributed by atoms with Crippen LogP contribution >= 0.6 is 0 Å². The monoisotopic (exact) mass is 169 g/mol. The van der Waals surface area contributed by atoms with Gasteiger partial charge in [-0.2, -0.15) is 0 Å². The van der Waals surface area contributed by atoms with Crippen LogP contribution in [0.4, 0.5) is 4.39 Å². The molecular weight excluding hydrogens is 153 g/mol. The summed E-state index contributed by atoms with van der Waals surface area (Å²) in [5.74, 6) is 0.942. The maximum atomic E-state index is 13.2. The number of fused-ring (bicyclic) bond motifs is 3. The average molecular weight is 169 g/mol. The van der Waals surface area contributed by atoms with Gasteiger partial charge in [0, 0.05) is 18.1 Å². The summed E-state index contributed by atoms with van der Waals surface area (Å²) >= 11 is 0. The number of hydrogen-bond donors (Lipinski definition) is 0. The normalized spacial score (nSPS) is 57.0. The summed E-state index contributed by atoms with van der Waals surface area (Å²) in [6.45, 7) is 2.95. The number of nitrogens with zero attached hydrogens (tertiary/aromatic N) is 1. The fraction of sp³-hybridized carbons (Fsp3) is 1.00. The first-order chi connectivity index (χ1) is 5.75. The summed E-state index contributed by atoms with van der Waals surface area (Å²) in [5.41, 5.74) is 0.299. The topological polar surface area (TPSA) is 3.24 Å². The Bertz CT molecular complexity index is 214. The van der Waals surface area contributed by atoms with Crippen molar-refractivity contribution in [1.82, 2.24) is 4.90 Å². The van der Waals surface area contributed by atoms with Crippen molar-refractivity contribution in [2.24, 2.45) is 5.92 Å². The Labute approximate surface area is 72.9 Å². The van der Waals surface area contributed by atoms with E-state index in [4.69, 9.17) is 0 Å². The van der Waals surface area contributed by atoms with E-state index in [9.17, 15) is 4.39 Å². The summed E-state index contributed by atoms with van der Waals surface area (Å²) in [6, 6.07) is 0.783. The second-order valence-electron chi connectivity index (χ2n) is 4.80. The van der Waals surface area contributed by atoms with E-state index in [1.807, 2.05) is 0 Å². The molecule has 68 valence electrons. The molecule has 0 aromatic heterocycles. The number of hydrogen-bond acceptors (Lipinski definition) is 1. The molecule has 2 saturated heterocycles. The second-order valence-corrected chi connectivity index (χ2v) is 4.80. The van der Waals surface area contributed by atoms with E-state index < -0.39 is 6.17 Å². The zero-order valence-corrected chi connectivity index (χ0v) is 7.59. The predicted octanol–water partition coefficient (Wildman–Crippen LogP) is 1.97. The van der Waals surface area contributed by atoms with Gasteiger partial charge in [-0.15, -0.1) is 0 Å². The van der Waals surface area contributed by atoms with Gasteiger partial charge >= 0.3 is 0 Å². The lowest BCUT2D eigenvalue weighted by Crippen LogP contribution is -2.40.